The summed E-state index contributed by atoms with van der Waals surface area (Å²) in [6, 6.07) is 74.1. The molecule has 0 unspecified atom stereocenters. The molecule has 0 saturated carbocycles. The van der Waals surface area contributed by atoms with E-state index in [2.05, 4.69) is 219 Å². The summed E-state index contributed by atoms with van der Waals surface area (Å²) in [5, 5.41) is 10.2. The van der Waals surface area contributed by atoms with Crippen LogP contribution in [0, 0.1) is 0 Å². The molecule has 0 atom stereocenters. The van der Waals surface area contributed by atoms with Crippen molar-refractivity contribution in [3.8, 4) is 33.4 Å². The van der Waals surface area contributed by atoms with E-state index in [1.165, 1.54) is 87.6 Å². The van der Waals surface area contributed by atoms with Gasteiger partial charge in [0.15, 0.2) is 0 Å². The Balaban J connectivity index is 1.09. The molecular weight excluding hydrogens is 675 g/mol. The molecule has 1 heteroatoms. The highest BCUT2D eigenvalue weighted by Crippen LogP contribution is 2.51. The van der Waals surface area contributed by atoms with Crippen molar-refractivity contribution in [3.63, 3.8) is 0 Å². The van der Waals surface area contributed by atoms with E-state index in [1.54, 1.807) is 0 Å². The zero-order chi connectivity index (χ0) is 37.4. The molecule has 0 spiro atoms. The van der Waals surface area contributed by atoms with E-state index in [4.69, 9.17) is 0 Å². The van der Waals surface area contributed by atoms with Crippen LogP contribution in [-0.2, 0) is 5.41 Å². The Morgan fingerprint density at radius 2 is 0.946 bits per heavy atom. The first kappa shape index (κ1) is 32.5. The van der Waals surface area contributed by atoms with Gasteiger partial charge in [0, 0.05) is 22.5 Å². The van der Waals surface area contributed by atoms with E-state index in [9.17, 15) is 0 Å². The molecule has 0 fully saturated rings. The Morgan fingerprint density at radius 3 is 1.80 bits per heavy atom. The summed E-state index contributed by atoms with van der Waals surface area (Å²) < 4.78 is 0. The Labute approximate surface area is 327 Å². The monoisotopic (exact) mass is 713 g/mol. The van der Waals surface area contributed by atoms with Gasteiger partial charge in [-0.1, -0.05) is 166 Å². The molecule has 0 aliphatic heterocycles. The van der Waals surface area contributed by atoms with Gasteiger partial charge in [-0.05, 0) is 136 Å². The number of rotatable bonds is 5. The van der Waals surface area contributed by atoms with Crippen LogP contribution in [0.15, 0.2) is 200 Å². The van der Waals surface area contributed by atoms with Gasteiger partial charge >= 0.3 is 0 Å². The third kappa shape index (κ3) is 5.08. The third-order valence-corrected chi connectivity index (χ3v) is 12.2. The topological polar surface area (TPSA) is 3.24 Å². The number of hydrogen-bond acceptors (Lipinski definition) is 1. The molecular formula is C55H39N. The molecule has 11 rings (SSSR count). The maximum atomic E-state index is 2.43. The average Bonchev–Trinajstić information content (AvgIpc) is 3.48. The van der Waals surface area contributed by atoms with Crippen molar-refractivity contribution in [1.82, 2.24) is 0 Å². The second-order valence-corrected chi connectivity index (χ2v) is 15.7. The number of hydrogen-bond donors (Lipinski definition) is 0. The van der Waals surface area contributed by atoms with Gasteiger partial charge in [0.25, 0.3) is 0 Å². The van der Waals surface area contributed by atoms with Crippen LogP contribution in [0.1, 0.15) is 25.0 Å². The van der Waals surface area contributed by atoms with Crippen molar-refractivity contribution < 1.29 is 0 Å². The first-order chi connectivity index (χ1) is 27.5. The molecule has 1 aliphatic rings. The molecule has 1 aliphatic carbocycles. The van der Waals surface area contributed by atoms with Crippen LogP contribution in [0.3, 0.4) is 0 Å². The number of anilines is 3. The summed E-state index contributed by atoms with van der Waals surface area (Å²) in [6.45, 7) is 4.72. The maximum Gasteiger partial charge on any atom is 0.0467 e. The van der Waals surface area contributed by atoms with Crippen LogP contribution < -0.4 is 4.90 Å². The van der Waals surface area contributed by atoms with E-state index >= 15 is 0 Å². The summed E-state index contributed by atoms with van der Waals surface area (Å²) in [4.78, 5) is 2.43. The molecule has 0 bridgehead atoms. The third-order valence-electron chi connectivity index (χ3n) is 12.2. The zero-order valence-corrected chi connectivity index (χ0v) is 31.5. The first-order valence-corrected chi connectivity index (χ1v) is 19.6. The van der Waals surface area contributed by atoms with Crippen molar-refractivity contribution >= 4 is 60.2 Å². The molecule has 0 N–H and O–H groups in total. The van der Waals surface area contributed by atoms with E-state index in [0.29, 0.717) is 0 Å². The van der Waals surface area contributed by atoms with Crippen molar-refractivity contribution in [2.75, 3.05) is 4.90 Å². The number of fused-ring (bicyclic) bond motifs is 9. The highest BCUT2D eigenvalue weighted by Gasteiger charge is 2.35. The van der Waals surface area contributed by atoms with Gasteiger partial charge < -0.3 is 4.90 Å². The number of nitrogens with zero attached hydrogens (tertiary/aromatic N) is 1. The normalized spacial score (nSPS) is 13.0. The highest BCUT2D eigenvalue weighted by atomic mass is 15.1. The maximum absolute atomic E-state index is 2.43. The molecule has 0 radical (unpaired) electrons. The molecule has 0 aromatic heterocycles. The minimum atomic E-state index is -0.107. The molecule has 0 saturated heterocycles. The fourth-order valence-electron chi connectivity index (χ4n) is 9.37. The molecule has 10 aromatic carbocycles. The summed E-state index contributed by atoms with van der Waals surface area (Å²) in [7, 11) is 0. The van der Waals surface area contributed by atoms with Crippen molar-refractivity contribution in [1.29, 1.82) is 0 Å². The summed E-state index contributed by atoms with van der Waals surface area (Å²) in [6.07, 6.45) is 0. The second-order valence-electron chi connectivity index (χ2n) is 15.7. The van der Waals surface area contributed by atoms with Gasteiger partial charge in [0.05, 0.1) is 0 Å². The fourth-order valence-corrected chi connectivity index (χ4v) is 9.37. The zero-order valence-electron chi connectivity index (χ0n) is 31.5. The minimum absolute atomic E-state index is 0.107. The smallest absolute Gasteiger partial charge is 0.0467 e. The van der Waals surface area contributed by atoms with Crippen molar-refractivity contribution in [2.24, 2.45) is 0 Å². The van der Waals surface area contributed by atoms with Gasteiger partial charge in [-0.3, -0.25) is 0 Å². The lowest BCUT2D eigenvalue weighted by atomic mass is 9.82. The van der Waals surface area contributed by atoms with Gasteiger partial charge in [-0.2, -0.15) is 0 Å². The molecule has 56 heavy (non-hydrogen) atoms. The fraction of sp³-hybridized carbons (Fsp3) is 0.0545. The summed E-state index contributed by atoms with van der Waals surface area (Å²) in [5.41, 5.74) is 13.6. The van der Waals surface area contributed by atoms with E-state index in [-0.39, 0.29) is 5.41 Å². The van der Waals surface area contributed by atoms with Crippen molar-refractivity contribution in [3.05, 3.63) is 211 Å². The summed E-state index contributed by atoms with van der Waals surface area (Å²) >= 11 is 0. The van der Waals surface area contributed by atoms with Crippen LogP contribution in [-0.4, -0.2) is 0 Å². The SMILES string of the molecule is CC1(C)c2ccccc2-c2ccc(N(c3ccc(-c4cc5ccccc5c5ccc6ccccc6c45)cc3)c3cccc(-c4ccc5ccccc5c4)c3)cc21. The van der Waals surface area contributed by atoms with Crippen LogP contribution in [0.5, 0.6) is 0 Å². The largest absolute Gasteiger partial charge is 0.310 e. The minimum Gasteiger partial charge on any atom is -0.310 e. The van der Waals surface area contributed by atoms with Crippen LogP contribution in [0.25, 0.3) is 76.5 Å². The van der Waals surface area contributed by atoms with E-state index in [0.717, 1.165) is 17.1 Å². The summed E-state index contributed by atoms with van der Waals surface area (Å²) in [5.74, 6) is 0. The lowest BCUT2D eigenvalue weighted by molar-refractivity contribution is 0.660. The lowest BCUT2D eigenvalue weighted by Gasteiger charge is -2.28. The first-order valence-electron chi connectivity index (χ1n) is 19.6. The van der Waals surface area contributed by atoms with Gasteiger partial charge in [-0.25, -0.2) is 0 Å². The Hall–Kier alpha value is -6.96. The second kappa shape index (κ2) is 12.5. The van der Waals surface area contributed by atoms with E-state index < -0.39 is 0 Å². The highest BCUT2D eigenvalue weighted by molar-refractivity contribution is 6.23. The van der Waals surface area contributed by atoms with Gasteiger partial charge in [0.1, 0.15) is 0 Å². The van der Waals surface area contributed by atoms with Gasteiger partial charge in [0.2, 0.25) is 0 Å². The molecule has 0 amide bonds. The predicted molar refractivity (Wildman–Crippen MR) is 240 cm³/mol. The Kier molecular flexibility index (Phi) is 7.28. The molecule has 264 valence electrons. The Morgan fingerprint density at radius 1 is 0.321 bits per heavy atom. The standard InChI is InChI=1S/C55H39N/c1-55(2)52-21-10-9-20-48(52)49-31-29-45(35-53(49)55)56(44-17-11-16-40(33-44)41-23-22-36-12-3-4-14-39(36)32-41)43-27-24-38(25-28-43)51-34-42-15-6-7-18-46(42)50-30-26-37-13-5-8-19-47(37)54(50)51/h3-35H,1-2H3. The number of benzene rings is 10. The van der Waals surface area contributed by atoms with E-state index in [1.807, 2.05) is 0 Å². The van der Waals surface area contributed by atoms with Crippen LogP contribution >= 0.6 is 0 Å². The quantitative estimate of drug-likeness (QED) is 0.161. The van der Waals surface area contributed by atoms with Crippen LogP contribution in [0.4, 0.5) is 17.1 Å². The average molecular weight is 714 g/mol. The lowest BCUT2D eigenvalue weighted by Crippen LogP contribution is -2.16. The Bertz CT molecular complexity index is 3170. The van der Waals surface area contributed by atoms with Crippen molar-refractivity contribution in [2.45, 2.75) is 19.3 Å². The van der Waals surface area contributed by atoms with Gasteiger partial charge in [-0.15, -0.1) is 0 Å². The molecule has 0 heterocycles. The van der Waals surface area contributed by atoms with Crippen LogP contribution in [0.2, 0.25) is 0 Å². The predicted octanol–water partition coefficient (Wildman–Crippen LogP) is 15.4. The molecule has 1 nitrogen and oxygen atoms in total. The molecule has 10 aromatic rings.